The molecule has 2 aromatic rings. The van der Waals surface area contributed by atoms with Crippen molar-refractivity contribution in [1.82, 2.24) is 14.9 Å². The summed E-state index contributed by atoms with van der Waals surface area (Å²) < 4.78 is 6.97. The Hall–Kier alpha value is -2.14. The lowest BCUT2D eigenvalue weighted by Crippen LogP contribution is -2.40. The number of hydrogen-bond donors (Lipinski definition) is 1. The van der Waals surface area contributed by atoms with Gasteiger partial charge in [0.05, 0.1) is 12.9 Å². The van der Waals surface area contributed by atoms with Crippen molar-refractivity contribution in [1.29, 1.82) is 0 Å². The molecule has 1 aromatic heterocycles. The van der Waals surface area contributed by atoms with Crippen LogP contribution in [-0.4, -0.2) is 28.2 Å². The molecule has 1 N–H and O–H groups in total. The maximum absolute atomic E-state index is 12.0. The van der Waals surface area contributed by atoms with E-state index in [0.717, 1.165) is 5.56 Å². The normalized spacial score (nSPS) is 12.1. The molecule has 0 aliphatic carbocycles. The average Bonchev–Trinajstić information content (AvgIpc) is 2.97. The van der Waals surface area contributed by atoms with Crippen molar-refractivity contribution in [2.24, 2.45) is 0 Å². The highest BCUT2D eigenvalue weighted by atomic mass is 16.5. The number of nitrogens with zero attached hydrogens (tertiary/aromatic N) is 2. The lowest BCUT2D eigenvalue weighted by molar-refractivity contribution is -0.146. The average molecular weight is 273 g/mol. The number of carbonyl (C=O) groups excluding carboxylic acids is 1. The van der Waals surface area contributed by atoms with Crippen molar-refractivity contribution in [2.45, 2.75) is 26.1 Å². The molecule has 2 rings (SSSR count). The maximum atomic E-state index is 12.0. The zero-order valence-electron chi connectivity index (χ0n) is 11.5. The van der Waals surface area contributed by atoms with Gasteiger partial charge in [-0.1, -0.05) is 30.3 Å². The molecule has 0 radical (unpaired) electrons. The van der Waals surface area contributed by atoms with Crippen LogP contribution in [-0.2, 0) is 22.6 Å². The second kappa shape index (κ2) is 7.45. The number of benzene rings is 1. The molecule has 1 atom stereocenters. The molecule has 0 fully saturated rings. The maximum Gasteiger partial charge on any atom is 0.324 e. The van der Waals surface area contributed by atoms with Crippen LogP contribution in [0.3, 0.4) is 0 Å². The van der Waals surface area contributed by atoms with Crippen LogP contribution in [0, 0.1) is 0 Å². The van der Waals surface area contributed by atoms with E-state index < -0.39 is 0 Å². The van der Waals surface area contributed by atoms with Gasteiger partial charge in [0, 0.05) is 25.5 Å². The van der Waals surface area contributed by atoms with Gasteiger partial charge >= 0.3 is 5.97 Å². The van der Waals surface area contributed by atoms with Crippen molar-refractivity contribution in [3.63, 3.8) is 0 Å². The molecular formula is C15H19N3O2. The summed E-state index contributed by atoms with van der Waals surface area (Å²) in [6, 6.07) is 9.58. The Labute approximate surface area is 118 Å². The van der Waals surface area contributed by atoms with E-state index in [1.165, 1.54) is 0 Å². The van der Waals surface area contributed by atoms with Gasteiger partial charge in [-0.25, -0.2) is 4.98 Å². The van der Waals surface area contributed by atoms with Crippen LogP contribution in [0.25, 0.3) is 0 Å². The number of imidazole rings is 1. The molecule has 1 heterocycles. The van der Waals surface area contributed by atoms with Gasteiger partial charge in [0.2, 0.25) is 0 Å². The number of hydrogen-bond acceptors (Lipinski definition) is 4. The van der Waals surface area contributed by atoms with Crippen LogP contribution < -0.4 is 5.32 Å². The second-order valence-corrected chi connectivity index (χ2v) is 4.43. The van der Waals surface area contributed by atoms with E-state index >= 15 is 0 Å². The van der Waals surface area contributed by atoms with Crippen LogP contribution >= 0.6 is 0 Å². The van der Waals surface area contributed by atoms with Gasteiger partial charge < -0.3 is 9.30 Å². The standard InChI is InChI=1S/C15H19N3O2/c1-2-20-15(19)14(11-18-9-8-16-12-18)17-10-13-6-4-3-5-7-13/h3-9,12,14,17H,2,10-11H2,1H3/t14-/m0/s1. The van der Waals surface area contributed by atoms with Gasteiger partial charge in [0.15, 0.2) is 0 Å². The van der Waals surface area contributed by atoms with Crippen LogP contribution in [0.15, 0.2) is 49.1 Å². The molecule has 0 saturated heterocycles. The highest BCUT2D eigenvalue weighted by molar-refractivity contribution is 5.75. The minimum Gasteiger partial charge on any atom is -0.465 e. The van der Waals surface area contributed by atoms with E-state index in [-0.39, 0.29) is 12.0 Å². The fourth-order valence-corrected chi connectivity index (χ4v) is 1.91. The predicted octanol–water partition coefficient (Wildman–Crippen LogP) is 1.60. The highest BCUT2D eigenvalue weighted by Gasteiger charge is 2.19. The first-order valence-electron chi connectivity index (χ1n) is 6.69. The minimum absolute atomic E-state index is 0.239. The Morgan fingerprint density at radius 3 is 2.85 bits per heavy atom. The van der Waals surface area contributed by atoms with E-state index in [2.05, 4.69) is 10.3 Å². The Bertz CT molecular complexity index is 511. The van der Waals surface area contributed by atoms with E-state index in [0.29, 0.717) is 19.7 Å². The largest absolute Gasteiger partial charge is 0.465 e. The van der Waals surface area contributed by atoms with Gasteiger partial charge in [-0.3, -0.25) is 10.1 Å². The van der Waals surface area contributed by atoms with E-state index in [1.807, 2.05) is 48.0 Å². The van der Waals surface area contributed by atoms with Crippen LogP contribution in [0.4, 0.5) is 0 Å². The van der Waals surface area contributed by atoms with Gasteiger partial charge in [-0.15, -0.1) is 0 Å². The zero-order valence-corrected chi connectivity index (χ0v) is 11.5. The third kappa shape index (κ3) is 4.20. The third-order valence-electron chi connectivity index (χ3n) is 2.92. The van der Waals surface area contributed by atoms with Gasteiger partial charge in [-0.2, -0.15) is 0 Å². The number of esters is 1. The molecule has 0 unspecified atom stereocenters. The summed E-state index contributed by atoms with van der Waals surface area (Å²) in [5, 5.41) is 3.24. The predicted molar refractivity (Wildman–Crippen MR) is 75.9 cm³/mol. The first-order valence-corrected chi connectivity index (χ1v) is 6.69. The van der Waals surface area contributed by atoms with Crippen molar-refractivity contribution in [2.75, 3.05) is 6.61 Å². The fourth-order valence-electron chi connectivity index (χ4n) is 1.91. The van der Waals surface area contributed by atoms with Crippen molar-refractivity contribution in [3.05, 3.63) is 54.6 Å². The lowest BCUT2D eigenvalue weighted by atomic mass is 10.2. The molecular weight excluding hydrogens is 254 g/mol. The molecule has 106 valence electrons. The number of carbonyl (C=O) groups is 1. The number of ether oxygens (including phenoxy) is 1. The summed E-state index contributed by atoms with van der Waals surface area (Å²) in [5.74, 6) is -0.239. The van der Waals surface area contributed by atoms with Gasteiger partial charge in [0.1, 0.15) is 6.04 Å². The van der Waals surface area contributed by atoms with Crippen molar-refractivity contribution in [3.8, 4) is 0 Å². The molecule has 5 heteroatoms. The molecule has 0 aliphatic heterocycles. The van der Waals surface area contributed by atoms with E-state index in [9.17, 15) is 4.79 Å². The summed E-state index contributed by atoms with van der Waals surface area (Å²) in [6.07, 6.45) is 5.21. The quantitative estimate of drug-likeness (QED) is 0.779. The first-order chi connectivity index (χ1) is 9.79. The Morgan fingerprint density at radius 2 is 2.20 bits per heavy atom. The van der Waals surface area contributed by atoms with Crippen molar-refractivity contribution < 1.29 is 9.53 Å². The van der Waals surface area contributed by atoms with Crippen LogP contribution in [0.2, 0.25) is 0 Å². The molecule has 20 heavy (non-hydrogen) atoms. The summed E-state index contributed by atoms with van der Waals surface area (Å²) in [7, 11) is 0. The SMILES string of the molecule is CCOC(=O)[C@H](Cn1ccnc1)NCc1ccccc1. The third-order valence-corrected chi connectivity index (χ3v) is 2.92. The van der Waals surface area contributed by atoms with Gasteiger partial charge in [0.25, 0.3) is 0 Å². The molecule has 0 bridgehead atoms. The summed E-state index contributed by atoms with van der Waals surface area (Å²) >= 11 is 0. The lowest BCUT2D eigenvalue weighted by Gasteiger charge is -2.17. The highest BCUT2D eigenvalue weighted by Crippen LogP contribution is 2.01. The van der Waals surface area contributed by atoms with Gasteiger partial charge in [-0.05, 0) is 12.5 Å². The molecule has 0 spiro atoms. The zero-order chi connectivity index (χ0) is 14.2. The second-order valence-electron chi connectivity index (χ2n) is 4.43. The molecule has 0 aliphatic rings. The summed E-state index contributed by atoms with van der Waals surface area (Å²) in [5.41, 5.74) is 1.13. The summed E-state index contributed by atoms with van der Waals surface area (Å²) in [4.78, 5) is 16.0. The number of nitrogens with one attached hydrogen (secondary N) is 1. The number of aromatic nitrogens is 2. The molecule has 5 nitrogen and oxygen atoms in total. The van der Waals surface area contributed by atoms with E-state index in [4.69, 9.17) is 4.74 Å². The van der Waals surface area contributed by atoms with Crippen LogP contribution in [0.1, 0.15) is 12.5 Å². The summed E-state index contributed by atoms with van der Waals surface area (Å²) in [6.45, 7) is 3.32. The fraction of sp³-hybridized carbons (Fsp3) is 0.333. The van der Waals surface area contributed by atoms with Crippen LogP contribution in [0.5, 0.6) is 0 Å². The van der Waals surface area contributed by atoms with E-state index in [1.54, 1.807) is 12.5 Å². The monoisotopic (exact) mass is 273 g/mol. The minimum atomic E-state index is -0.385. The molecule has 0 amide bonds. The molecule has 1 aromatic carbocycles. The smallest absolute Gasteiger partial charge is 0.324 e. The Balaban J connectivity index is 1.97. The van der Waals surface area contributed by atoms with Crippen molar-refractivity contribution >= 4 is 5.97 Å². The topological polar surface area (TPSA) is 56.2 Å². The Kier molecular flexibility index (Phi) is 5.32. The number of rotatable bonds is 7. The first kappa shape index (κ1) is 14.3. The molecule has 0 saturated carbocycles. The Morgan fingerprint density at radius 1 is 1.40 bits per heavy atom.